The smallest absolute Gasteiger partial charge is 0.333 e. The zero-order valence-electron chi connectivity index (χ0n) is 17.5. The van der Waals surface area contributed by atoms with Gasteiger partial charge in [-0.3, -0.25) is 0 Å². The normalized spacial score (nSPS) is 9.26. The fraction of sp³-hybridized carbons (Fsp3) is 0.261. The Morgan fingerprint density at radius 3 is 1.68 bits per heavy atom. The van der Waals surface area contributed by atoms with E-state index in [2.05, 4.69) is 13.2 Å². The Labute approximate surface area is 181 Å². The maximum absolute atomic E-state index is 11.6. The first-order valence-electron chi connectivity index (χ1n) is 9.20. The van der Waals surface area contributed by atoms with E-state index in [4.69, 9.17) is 20.0 Å². The Morgan fingerprint density at radius 2 is 1.32 bits per heavy atom. The molecule has 158 valence electrons. The van der Waals surface area contributed by atoms with Crippen LogP contribution in [0.15, 0.2) is 54.1 Å². The molecular formula is C23H22N4O4. The molecule has 0 saturated carbocycles. The lowest BCUT2D eigenvalue weighted by Crippen LogP contribution is -2.32. The average molecular weight is 418 g/mol. The van der Waals surface area contributed by atoms with Crippen molar-refractivity contribution in [3.8, 4) is 18.2 Å². The van der Waals surface area contributed by atoms with Crippen LogP contribution in [0.5, 0.6) is 0 Å². The number of hydrogen-bond acceptors (Lipinski definition) is 8. The highest BCUT2D eigenvalue weighted by Crippen LogP contribution is 2.22. The zero-order chi connectivity index (χ0) is 23.4. The molecule has 0 heterocycles. The largest absolute Gasteiger partial charge is 0.460 e. The summed E-state index contributed by atoms with van der Waals surface area (Å²) < 4.78 is 10.3. The van der Waals surface area contributed by atoms with Crippen LogP contribution in [0.1, 0.15) is 19.4 Å². The monoisotopic (exact) mass is 418 g/mol. The molecule has 0 unspecified atom stereocenters. The van der Waals surface area contributed by atoms with Crippen molar-refractivity contribution >= 4 is 23.2 Å². The van der Waals surface area contributed by atoms with Gasteiger partial charge < -0.3 is 14.4 Å². The molecule has 0 N–H and O–H groups in total. The lowest BCUT2D eigenvalue weighted by atomic mass is 10.0. The second-order valence-electron chi connectivity index (χ2n) is 6.45. The predicted octanol–water partition coefficient (Wildman–Crippen LogP) is 3.06. The fourth-order valence-corrected chi connectivity index (χ4v) is 2.35. The molecule has 0 aromatic heterocycles. The minimum absolute atomic E-state index is 0.0196. The third-order valence-corrected chi connectivity index (χ3v) is 3.99. The SMILES string of the molecule is C=C(C)C(=O)OCCN(CCOC(=O)C(=C)C)c1ccc(C(C#N)=C(C#N)C#N)cc1. The van der Waals surface area contributed by atoms with E-state index in [9.17, 15) is 14.9 Å². The summed E-state index contributed by atoms with van der Waals surface area (Å²) in [5, 5.41) is 27.3. The van der Waals surface area contributed by atoms with Gasteiger partial charge in [-0.15, -0.1) is 0 Å². The van der Waals surface area contributed by atoms with Crippen molar-refractivity contribution < 1.29 is 19.1 Å². The van der Waals surface area contributed by atoms with Gasteiger partial charge in [0.05, 0.1) is 18.7 Å². The molecule has 0 aliphatic rings. The Morgan fingerprint density at radius 1 is 0.871 bits per heavy atom. The van der Waals surface area contributed by atoms with E-state index in [-0.39, 0.29) is 35.5 Å². The van der Waals surface area contributed by atoms with E-state index < -0.39 is 11.9 Å². The third-order valence-electron chi connectivity index (χ3n) is 3.99. The number of esters is 2. The summed E-state index contributed by atoms with van der Waals surface area (Å²) >= 11 is 0. The summed E-state index contributed by atoms with van der Waals surface area (Å²) in [6, 6.07) is 11.9. The number of carbonyl (C=O) groups excluding carboxylic acids is 2. The van der Waals surface area contributed by atoms with E-state index in [1.165, 1.54) is 0 Å². The van der Waals surface area contributed by atoms with Crippen LogP contribution in [0.2, 0.25) is 0 Å². The lowest BCUT2D eigenvalue weighted by Gasteiger charge is -2.25. The second kappa shape index (κ2) is 12.3. The van der Waals surface area contributed by atoms with Crippen LogP contribution >= 0.6 is 0 Å². The molecule has 0 amide bonds. The number of carbonyl (C=O) groups is 2. The van der Waals surface area contributed by atoms with Gasteiger partial charge in [0.1, 0.15) is 37.0 Å². The Bertz CT molecular complexity index is 970. The van der Waals surface area contributed by atoms with Crippen molar-refractivity contribution in [3.63, 3.8) is 0 Å². The average Bonchev–Trinajstić information content (AvgIpc) is 2.76. The Balaban J connectivity index is 3.03. The maximum Gasteiger partial charge on any atom is 0.333 e. The molecule has 1 aromatic carbocycles. The van der Waals surface area contributed by atoms with Crippen molar-refractivity contribution in [1.29, 1.82) is 15.8 Å². The first-order valence-corrected chi connectivity index (χ1v) is 9.20. The van der Waals surface area contributed by atoms with Gasteiger partial charge in [0.25, 0.3) is 0 Å². The van der Waals surface area contributed by atoms with E-state index >= 15 is 0 Å². The quantitative estimate of drug-likeness (QED) is 0.322. The van der Waals surface area contributed by atoms with Crippen LogP contribution < -0.4 is 4.90 Å². The molecule has 0 bridgehead atoms. The summed E-state index contributed by atoms with van der Waals surface area (Å²) in [4.78, 5) is 25.0. The van der Waals surface area contributed by atoms with E-state index in [1.54, 1.807) is 50.3 Å². The number of nitriles is 3. The number of anilines is 1. The first kappa shape index (κ1) is 24.7. The van der Waals surface area contributed by atoms with Gasteiger partial charge in [-0.2, -0.15) is 15.8 Å². The molecule has 0 saturated heterocycles. The summed E-state index contributed by atoms with van der Waals surface area (Å²) in [7, 11) is 0. The molecule has 0 aliphatic heterocycles. The minimum Gasteiger partial charge on any atom is -0.460 e. The highest BCUT2D eigenvalue weighted by molar-refractivity contribution is 5.87. The van der Waals surface area contributed by atoms with Gasteiger partial charge >= 0.3 is 11.9 Å². The molecule has 0 aliphatic carbocycles. The summed E-state index contributed by atoms with van der Waals surface area (Å²) in [6.45, 7) is 10.9. The number of nitrogens with zero attached hydrogens (tertiary/aromatic N) is 4. The van der Waals surface area contributed by atoms with E-state index in [0.717, 1.165) is 0 Å². The third kappa shape index (κ3) is 7.53. The topological polar surface area (TPSA) is 127 Å². The van der Waals surface area contributed by atoms with Gasteiger partial charge in [-0.25, -0.2) is 9.59 Å². The molecule has 0 atom stereocenters. The van der Waals surface area contributed by atoms with E-state index in [1.807, 2.05) is 11.0 Å². The van der Waals surface area contributed by atoms with Crippen LogP contribution in [0.25, 0.3) is 5.57 Å². The highest BCUT2D eigenvalue weighted by Gasteiger charge is 2.13. The fourth-order valence-electron chi connectivity index (χ4n) is 2.35. The minimum atomic E-state index is -0.506. The van der Waals surface area contributed by atoms with Crippen LogP contribution in [-0.2, 0) is 19.1 Å². The molecule has 1 rings (SSSR count). The molecule has 0 spiro atoms. The lowest BCUT2D eigenvalue weighted by molar-refractivity contribution is -0.139. The summed E-state index contributed by atoms with van der Waals surface area (Å²) in [5.41, 5.74) is 1.40. The van der Waals surface area contributed by atoms with Gasteiger partial charge in [-0.1, -0.05) is 25.3 Å². The number of allylic oxidation sites excluding steroid dienone is 2. The molecule has 8 nitrogen and oxygen atoms in total. The number of ether oxygens (including phenoxy) is 2. The van der Waals surface area contributed by atoms with Gasteiger partial charge in [0.15, 0.2) is 0 Å². The number of benzene rings is 1. The summed E-state index contributed by atoms with van der Waals surface area (Å²) in [6.07, 6.45) is 0. The molecule has 0 radical (unpaired) electrons. The molecule has 8 heteroatoms. The summed E-state index contributed by atoms with van der Waals surface area (Å²) in [5.74, 6) is -1.01. The van der Waals surface area contributed by atoms with Gasteiger partial charge in [0.2, 0.25) is 0 Å². The number of hydrogen-bond donors (Lipinski definition) is 0. The molecule has 1 aromatic rings. The van der Waals surface area contributed by atoms with Crippen molar-refractivity contribution in [2.24, 2.45) is 0 Å². The number of rotatable bonds is 10. The van der Waals surface area contributed by atoms with Crippen molar-refractivity contribution in [2.45, 2.75) is 13.8 Å². The van der Waals surface area contributed by atoms with Gasteiger partial charge in [0, 0.05) is 16.8 Å². The molecule has 31 heavy (non-hydrogen) atoms. The molecule has 0 fully saturated rings. The Kier molecular flexibility index (Phi) is 9.77. The molecular weight excluding hydrogens is 396 g/mol. The van der Waals surface area contributed by atoms with Gasteiger partial charge in [-0.05, 0) is 31.5 Å². The first-order chi connectivity index (χ1) is 14.7. The highest BCUT2D eigenvalue weighted by atomic mass is 16.5. The van der Waals surface area contributed by atoms with E-state index in [0.29, 0.717) is 24.3 Å². The van der Waals surface area contributed by atoms with Crippen LogP contribution in [0.4, 0.5) is 5.69 Å². The van der Waals surface area contributed by atoms with Crippen molar-refractivity contribution in [2.75, 3.05) is 31.2 Å². The second-order valence-corrected chi connectivity index (χ2v) is 6.45. The van der Waals surface area contributed by atoms with Crippen LogP contribution in [-0.4, -0.2) is 38.2 Å². The van der Waals surface area contributed by atoms with Crippen LogP contribution in [0.3, 0.4) is 0 Å². The van der Waals surface area contributed by atoms with Crippen molar-refractivity contribution in [3.05, 3.63) is 59.7 Å². The standard InChI is InChI=1S/C23H22N4O4/c1-16(2)22(28)30-11-9-27(10-12-31-23(29)17(3)4)20-7-5-18(6-8-20)21(15-26)19(13-24)14-25/h5-8H,1,3,9-12H2,2,4H3. The predicted molar refractivity (Wildman–Crippen MR) is 114 cm³/mol. The zero-order valence-corrected chi connectivity index (χ0v) is 17.5. The van der Waals surface area contributed by atoms with Crippen LogP contribution in [0, 0.1) is 34.0 Å². The maximum atomic E-state index is 11.6. The van der Waals surface area contributed by atoms with Crippen molar-refractivity contribution in [1.82, 2.24) is 0 Å². The Hall–Kier alpha value is -4.35.